The molecule has 1 heterocycles. The Morgan fingerprint density at radius 3 is 2.78 bits per heavy atom. The number of aryl methyl sites for hydroxylation is 1. The smallest absolute Gasteiger partial charge is 0.321 e. The lowest BCUT2D eigenvalue weighted by Gasteiger charge is -2.08. The van der Waals surface area contributed by atoms with Crippen molar-refractivity contribution >= 4 is 5.97 Å². The van der Waals surface area contributed by atoms with E-state index in [0.29, 0.717) is 24.2 Å². The molecule has 5 nitrogen and oxygen atoms in total. The molecule has 0 atom stereocenters. The quantitative estimate of drug-likeness (QED) is 0.726. The molecule has 0 spiro atoms. The Bertz CT molecular complexity index is 422. The van der Waals surface area contributed by atoms with Crippen LogP contribution in [0, 0.1) is 5.92 Å². The molecule has 1 aromatic heterocycles. The summed E-state index contributed by atoms with van der Waals surface area (Å²) in [4.78, 5) is 16.2. The van der Waals surface area contributed by atoms with E-state index in [0.717, 1.165) is 25.7 Å². The first kappa shape index (κ1) is 13.1. The summed E-state index contributed by atoms with van der Waals surface area (Å²) >= 11 is 0. The zero-order valence-corrected chi connectivity index (χ0v) is 11.2. The number of rotatable bonds is 6. The molecule has 0 amide bonds. The second-order valence-electron chi connectivity index (χ2n) is 5.25. The minimum atomic E-state index is -0.640. The lowest BCUT2D eigenvalue weighted by Crippen LogP contribution is -2.23. The van der Waals surface area contributed by atoms with E-state index >= 15 is 0 Å². The van der Waals surface area contributed by atoms with Crippen LogP contribution in [-0.2, 0) is 21.4 Å². The number of aromatic nitrogens is 2. The van der Waals surface area contributed by atoms with Crippen molar-refractivity contribution in [2.45, 2.75) is 51.9 Å². The Labute approximate surface area is 107 Å². The molecule has 5 heteroatoms. The van der Waals surface area contributed by atoms with E-state index < -0.39 is 5.41 Å². The zero-order chi connectivity index (χ0) is 13.2. The Balaban J connectivity index is 2.03. The van der Waals surface area contributed by atoms with Gasteiger partial charge >= 0.3 is 5.97 Å². The van der Waals surface area contributed by atoms with Gasteiger partial charge in [-0.15, -0.1) is 0 Å². The SMILES string of the molecule is CCOC(=O)C1(c2nc(CCC(C)C)no2)CC1. The van der Waals surface area contributed by atoms with Gasteiger partial charge in [0, 0.05) is 6.42 Å². The molecule has 1 aliphatic carbocycles. The van der Waals surface area contributed by atoms with E-state index in [4.69, 9.17) is 9.26 Å². The van der Waals surface area contributed by atoms with E-state index in [-0.39, 0.29) is 5.97 Å². The molecule has 0 aliphatic heterocycles. The van der Waals surface area contributed by atoms with Gasteiger partial charge in [-0.05, 0) is 32.1 Å². The third-order valence-electron chi connectivity index (χ3n) is 3.24. The van der Waals surface area contributed by atoms with Gasteiger partial charge in [0.15, 0.2) is 5.82 Å². The second-order valence-corrected chi connectivity index (χ2v) is 5.25. The maximum absolute atomic E-state index is 11.9. The van der Waals surface area contributed by atoms with Gasteiger partial charge in [-0.25, -0.2) is 0 Å². The fraction of sp³-hybridized carbons (Fsp3) is 0.769. The molecule has 0 N–H and O–H groups in total. The Kier molecular flexibility index (Phi) is 3.68. The molecular weight excluding hydrogens is 232 g/mol. The van der Waals surface area contributed by atoms with Gasteiger partial charge in [0.1, 0.15) is 5.41 Å². The molecule has 1 fully saturated rings. The Morgan fingerprint density at radius 2 is 2.22 bits per heavy atom. The lowest BCUT2D eigenvalue weighted by molar-refractivity contribution is -0.146. The first-order valence-corrected chi connectivity index (χ1v) is 6.59. The van der Waals surface area contributed by atoms with E-state index in [9.17, 15) is 4.79 Å². The van der Waals surface area contributed by atoms with Gasteiger partial charge in [-0.2, -0.15) is 4.98 Å². The lowest BCUT2D eigenvalue weighted by atomic mass is 10.1. The highest BCUT2D eigenvalue weighted by Gasteiger charge is 2.57. The summed E-state index contributed by atoms with van der Waals surface area (Å²) in [5.74, 6) is 1.49. The van der Waals surface area contributed by atoms with Crippen molar-refractivity contribution in [2.75, 3.05) is 6.61 Å². The van der Waals surface area contributed by atoms with Gasteiger partial charge in [-0.3, -0.25) is 4.79 Å². The monoisotopic (exact) mass is 252 g/mol. The second kappa shape index (κ2) is 5.08. The molecule has 0 radical (unpaired) electrons. The average molecular weight is 252 g/mol. The molecule has 0 bridgehead atoms. The molecule has 18 heavy (non-hydrogen) atoms. The maximum atomic E-state index is 11.9. The third kappa shape index (κ3) is 2.54. The molecule has 0 aromatic carbocycles. The molecule has 1 aliphatic rings. The van der Waals surface area contributed by atoms with Crippen molar-refractivity contribution < 1.29 is 14.1 Å². The highest BCUT2D eigenvalue weighted by molar-refractivity contribution is 5.85. The van der Waals surface area contributed by atoms with Crippen molar-refractivity contribution in [2.24, 2.45) is 5.92 Å². The summed E-state index contributed by atoms with van der Waals surface area (Å²) in [5, 5.41) is 3.94. The Morgan fingerprint density at radius 1 is 1.50 bits per heavy atom. The predicted octanol–water partition coefficient (Wildman–Crippen LogP) is 2.25. The highest BCUT2D eigenvalue weighted by atomic mass is 16.5. The van der Waals surface area contributed by atoms with Crippen LogP contribution in [0.5, 0.6) is 0 Å². The summed E-state index contributed by atoms with van der Waals surface area (Å²) in [7, 11) is 0. The van der Waals surface area contributed by atoms with E-state index in [1.807, 2.05) is 0 Å². The topological polar surface area (TPSA) is 65.2 Å². The number of hydrogen-bond donors (Lipinski definition) is 0. The van der Waals surface area contributed by atoms with Crippen molar-refractivity contribution in [1.29, 1.82) is 0 Å². The van der Waals surface area contributed by atoms with Gasteiger partial charge in [0.25, 0.3) is 0 Å². The number of nitrogens with zero attached hydrogens (tertiary/aromatic N) is 2. The van der Waals surface area contributed by atoms with Crippen molar-refractivity contribution in [3.8, 4) is 0 Å². The summed E-state index contributed by atoms with van der Waals surface area (Å²) in [6, 6.07) is 0. The highest BCUT2D eigenvalue weighted by Crippen LogP contribution is 2.48. The summed E-state index contributed by atoms with van der Waals surface area (Å²) in [5.41, 5.74) is -0.640. The van der Waals surface area contributed by atoms with Crippen LogP contribution >= 0.6 is 0 Å². The largest absolute Gasteiger partial charge is 0.465 e. The maximum Gasteiger partial charge on any atom is 0.321 e. The third-order valence-corrected chi connectivity index (χ3v) is 3.24. The molecular formula is C13H20N2O3. The molecule has 2 rings (SSSR count). The summed E-state index contributed by atoms with van der Waals surface area (Å²) < 4.78 is 10.3. The number of esters is 1. The molecule has 1 saturated carbocycles. The first-order valence-electron chi connectivity index (χ1n) is 6.59. The normalized spacial score (nSPS) is 16.9. The van der Waals surface area contributed by atoms with Crippen molar-refractivity contribution in [1.82, 2.24) is 10.1 Å². The van der Waals surface area contributed by atoms with Gasteiger partial charge in [-0.1, -0.05) is 19.0 Å². The van der Waals surface area contributed by atoms with Crippen molar-refractivity contribution in [3.63, 3.8) is 0 Å². The van der Waals surface area contributed by atoms with Crippen LogP contribution in [0.2, 0.25) is 0 Å². The fourth-order valence-electron chi connectivity index (χ4n) is 1.87. The van der Waals surface area contributed by atoms with E-state index in [1.54, 1.807) is 6.92 Å². The number of carbonyl (C=O) groups is 1. The standard InChI is InChI=1S/C13H20N2O3/c1-4-17-12(16)13(7-8-13)11-14-10(15-18-11)6-5-9(2)3/h9H,4-8H2,1-3H3. The molecule has 1 aromatic rings. The van der Waals surface area contributed by atoms with Crippen LogP contribution < -0.4 is 0 Å². The first-order chi connectivity index (χ1) is 8.58. The number of ether oxygens (including phenoxy) is 1. The minimum Gasteiger partial charge on any atom is -0.465 e. The van der Waals surface area contributed by atoms with Crippen LogP contribution in [0.1, 0.15) is 51.7 Å². The summed E-state index contributed by atoms with van der Waals surface area (Å²) in [6.07, 6.45) is 3.31. The minimum absolute atomic E-state index is 0.232. The Hall–Kier alpha value is -1.39. The van der Waals surface area contributed by atoms with Gasteiger partial charge < -0.3 is 9.26 Å². The van der Waals surface area contributed by atoms with Crippen LogP contribution in [0.4, 0.5) is 0 Å². The fourth-order valence-corrected chi connectivity index (χ4v) is 1.87. The molecule has 100 valence electrons. The summed E-state index contributed by atoms with van der Waals surface area (Å²) in [6.45, 7) is 6.49. The van der Waals surface area contributed by atoms with Crippen LogP contribution in [0.15, 0.2) is 4.52 Å². The predicted molar refractivity (Wildman–Crippen MR) is 65.0 cm³/mol. The number of hydrogen-bond acceptors (Lipinski definition) is 5. The molecule has 0 saturated heterocycles. The van der Waals surface area contributed by atoms with Gasteiger partial charge in [0.05, 0.1) is 6.61 Å². The van der Waals surface area contributed by atoms with Gasteiger partial charge in [0.2, 0.25) is 5.89 Å². The van der Waals surface area contributed by atoms with E-state index in [1.165, 1.54) is 0 Å². The molecule has 0 unspecified atom stereocenters. The number of carbonyl (C=O) groups excluding carboxylic acids is 1. The van der Waals surface area contributed by atoms with E-state index in [2.05, 4.69) is 24.0 Å². The zero-order valence-electron chi connectivity index (χ0n) is 11.2. The average Bonchev–Trinajstić information content (AvgIpc) is 3.00. The van der Waals surface area contributed by atoms with Crippen molar-refractivity contribution in [3.05, 3.63) is 11.7 Å². The van der Waals surface area contributed by atoms with Crippen LogP contribution in [0.25, 0.3) is 0 Å². The van der Waals surface area contributed by atoms with Crippen LogP contribution in [-0.4, -0.2) is 22.7 Å². The van der Waals surface area contributed by atoms with Crippen LogP contribution in [0.3, 0.4) is 0 Å².